The van der Waals surface area contributed by atoms with Crippen LogP contribution < -0.4 is 5.32 Å². The van der Waals surface area contributed by atoms with Crippen molar-refractivity contribution in [3.8, 4) is 22.8 Å². The van der Waals surface area contributed by atoms with Gasteiger partial charge in [-0.2, -0.15) is 5.10 Å². The van der Waals surface area contributed by atoms with Gasteiger partial charge in [0.05, 0.1) is 16.9 Å². The molecule has 1 saturated carbocycles. The molecule has 0 atom stereocenters. The van der Waals surface area contributed by atoms with Gasteiger partial charge < -0.3 is 10.3 Å². The largest absolute Gasteiger partial charge is 0.340 e. The first-order valence-corrected chi connectivity index (χ1v) is 14.7. The molecule has 6 rings (SSSR count). The Balaban J connectivity index is 0.00000173. The standard InChI is InChI=1S/C32H32FN7.C2H6/c1-3-7-26(23-10-6-11-25(33)15-23)29-20(2)36-32(38-29)31-30-28(39-40-31)13-12-27(37-30)24-14-22(18-35-19-24)17-34-16-21-8-4-5-9-21;1-2/h3,6-7,10-15,18-19,21,34H,1,4-5,8-9,16-17H2,2H3,(H,36,38)(H,39,40);1-2H3/b26-7-;. The third-order valence-electron chi connectivity index (χ3n) is 7.52. The highest BCUT2D eigenvalue weighted by Crippen LogP contribution is 2.31. The van der Waals surface area contributed by atoms with Crippen LogP contribution in [0.15, 0.2) is 73.6 Å². The van der Waals surface area contributed by atoms with Gasteiger partial charge in [-0.15, -0.1) is 0 Å². The molecule has 0 radical (unpaired) electrons. The molecule has 0 aliphatic heterocycles. The number of fused-ring (bicyclic) bond motifs is 1. The van der Waals surface area contributed by atoms with E-state index >= 15 is 0 Å². The molecule has 1 aliphatic rings. The maximum Gasteiger partial charge on any atom is 0.161 e. The highest BCUT2D eigenvalue weighted by atomic mass is 19.1. The van der Waals surface area contributed by atoms with Crippen LogP contribution in [0.4, 0.5) is 4.39 Å². The van der Waals surface area contributed by atoms with E-state index in [1.165, 1.54) is 37.8 Å². The number of nitrogens with zero attached hydrogens (tertiary/aromatic N) is 4. The summed E-state index contributed by atoms with van der Waals surface area (Å²) in [5, 5.41) is 11.2. The lowest BCUT2D eigenvalue weighted by Crippen LogP contribution is -2.20. The molecule has 216 valence electrons. The summed E-state index contributed by atoms with van der Waals surface area (Å²) in [6.45, 7) is 11.6. The summed E-state index contributed by atoms with van der Waals surface area (Å²) in [5.74, 6) is 1.07. The van der Waals surface area contributed by atoms with E-state index in [1.54, 1.807) is 12.1 Å². The van der Waals surface area contributed by atoms with Crippen molar-refractivity contribution in [1.29, 1.82) is 0 Å². The number of allylic oxidation sites excluding steroid dienone is 2. The first-order valence-electron chi connectivity index (χ1n) is 14.7. The van der Waals surface area contributed by atoms with Gasteiger partial charge in [-0.25, -0.2) is 14.4 Å². The molecular weight excluding hydrogens is 525 g/mol. The quantitative estimate of drug-likeness (QED) is 0.159. The SMILES string of the molecule is C=C/C=C(/c1cccc(F)c1)c1nc(-c2n[nH]c3ccc(-c4cncc(CNCC5CCCC5)c4)nc23)[nH]c1C.CC. The molecule has 5 aromatic rings. The minimum absolute atomic E-state index is 0.306. The number of imidazole rings is 1. The minimum atomic E-state index is -0.306. The monoisotopic (exact) mass is 563 g/mol. The summed E-state index contributed by atoms with van der Waals surface area (Å²) >= 11 is 0. The van der Waals surface area contributed by atoms with Gasteiger partial charge in [-0.1, -0.05) is 57.6 Å². The Kier molecular flexibility index (Phi) is 9.34. The lowest BCUT2D eigenvalue weighted by molar-refractivity contribution is 0.489. The van der Waals surface area contributed by atoms with Gasteiger partial charge in [0.15, 0.2) is 11.5 Å². The summed E-state index contributed by atoms with van der Waals surface area (Å²) in [6.07, 6.45) is 12.6. The molecule has 0 saturated heterocycles. The number of hydrogen-bond acceptors (Lipinski definition) is 5. The second-order valence-electron chi connectivity index (χ2n) is 10.4. The Labute approximate surface area is 246 Å². The molecule has 4 heterocycles. The zero-order valence-electron chi connectivity index (χ0n) is 24.5. The Bertz CT molecular complexity index is 1690. The molecular formula is C34H38FN7. The number of hydrogen-bond donors (Lipinski definition) is 3. The van der Waals surface area contributed by atoms with Crippen molar-refractivity contribution in [3.63, 3.8) is 0 Å². The number of pyridine rings is 2. The molecule has 3 N–H and O–H groups in total. The van der Waals surface area contributed by atoms with Gasteiger partial charge in [-0.3, -0.25) is 10.1 Å². The first-order chi connectivity index (χ1) is 20.6. The smallest absolute Gasteiger partial charge is 0.161 e. The average molecular weight is 564 g/mol. The second-order valence-corrected chi connectivity index (χ2v) is 10.4. The van der Waals surface area contributed by atoms with Crippen LogP contribution in [0.25, 0.3) is 39.4 Å². The summed E-state index contributed by atoms with van der Waals surface area (Å²) < 4.78 is 14.0. The normalized spacial score (nSPS) is 13.8. The summed E-state index contributed by atoms with van der Waals surface area (Å²) in [5.41, 5.74) is 8.07. The number of aryl methyl sites for hydroxylation is 1. The number of aromatic nitrogens is 6. The van der Waals surface area contributed by atoms with Gasteiger partial charge in [0.2, 0.25) is 0 Å². The van der Waals surface area contributed by atoms with Crippen molar-refractivity contribution < 1.29 is 4.39 Å². The molecule has 4 aromatic heterocycles. The number of aromatic amines is 2. The molecule has 1 aromatic carbocycles. The van der Waals surface area contributed by atoms with Crippen LogP contribution in [0, 0.1) is 18.7 Å². The lowest BCUT2D eigenvalue weighted by Gasteiger charge is -2.11. The van der Waals surface area contributed by atoms with Crippen LogP contribution in [0.3, 0.4) is 0 Å². The molecule has 7 nitrogen and oxygen atoms in total. The highest BCUT2D eigenvalue weighted by Gasteiger charge is 2.19. The van der Waals surface area contributed by atoms with Crippen molar-refractivity contribution in [2.24, 2.45) is 5.92 Å². The van der Waals surface area contributed by atoms with Crippen LogP contribution in [0.2, 0.25) is 0 Å². The maximum absolute atomic E-state index is 14.0. The second kappa shape index (κ2) is 13.5. The van der Waals surface area contributed by atoms with Crippen LogP contribution in [0.1, 0.15) is 62.0 Å². The Morgan fingerprint density at radius 1 is 1.10 bits per heavy atom. The zero-order chi connectivity index (χ0) is 29.5. The first kappa shape index (κ1) is 29.1. The zero-order valence-corrected chi connectivity index (χ0v) is 24.5. The van der Waals surface area contributed by atoms with E-state index < -0.39 is 0 Å². The van der Waals surface area contributed by atoms with E-state index in [2.05, 4.69) is 38.1 Å². The fraction of sp³-hybridized carbons (Fsp3) is 0.294. The predicted molar refractivity (Wildman–Crippen MR) is 168 cm³/mol. The van der Waals surface area contributed by atoms with Crippen LogP contribution in [0.5, 0.6) is 0 Å². The fourth-order valence-corrected chi connectivity index (χ4v) is 5.50. The van der Waals surface area contributed by atoms with E-state index in [0.717, 1.165) is 58.2 Å². The molecule has 1 aliphatic carbocycles. The van der Waals surface area contributed by atoms with Crippen molar-refractivity contribution in [1.82, 2.24) is 35.5 Å². The van der Waals surface area contributed by atoms with E-state index in [1.807, 2.05) is 57.4 Å². The lowest BCUT2D eigenvalue weighted by atomic mass is 10.0. The molecule has 8 heteroatoms. The van der Waals surface area contributed by atoms with E-state index in [9.17, 15) is 4.39 Å². The van der Waals surface area contributed by atoms with Crippen LogP contribution in [-0.4, -0.2) is 36.7 Å². The number of rotatable bonds is 9. The minimum Gasteiger partial charge on any atom is -0.340 e. The van der Waals surface area contributed by atoms with E-state index in [-0.39, 0.29) is 5.82 Å². The molecule has 1 fully saturated rings. The fourth-order valence-electron chi connectivity index (χ4n) is 5.50. The predicted octanol–water partition coefficient (Wildman–Crippen LogP) is 7.78. The molecule has 0 unspecified atom stereocenters. The van der Waals surface area contributed by atoms with Crippen molar-refractivity contribution >= 4 is 16.6 Å². The molecule has 42 heavy (non-hydrogen) atoms. The molecule has 0 spiro atoms. The van der Waals surface area contributed by atoms with E-state index in [0.29, 0.717) is 22.7 Å². The van der Waals surface area contributed by atoms with Crippen molar-refractivity contribution in [3.05, 3.63) is 102 Å². The summed E-state index contributed by atoms with van der Waals surface area (Å²) in [4.78, 5) is 17.7. The average Bonchev–Trinajstić information content (AvgIpc) is 3.77. The Hall–Kier alpha value is -4.43. The van der Waals surface area contributed by atoms with Crippen molar-refractivity contribution in [2.45, 2.75) is 53.0 Å². The summed E-state index contributed by atoms with van der Waals surface area (Å²) in [7, 11) is 0. The van der Waals surface area contributed by atoms with Crippen LogP contribution >= 0.6 is 0 Å². The van der Waals surface area contributed by atoms with Crippen LogP contribution in [-0.2, 0) is 6.54 Å². The third kappa shape index (κ3) is 6.39. The number of benzene rings is 1. The Morgan fingerprint density at radius 3 is 2.71 bits per heavy atom. The summed E-state index contributed by atoms with van der Waals surface area (Å²) in [6, 6.07) is 12.6. The molecule has 0 bridgehead atoms. The Morgan fingerprint density at radius 2 is 1.93 bits per heavy atom. The molecule has 0 amide bonds. The third-order valence-corrected chi connectivity index (χ3v) is 7.52. The van der Waals surface area contributed by atoms with Gasteiger partial charge in [0.25, 0.3) is 0 Å². The van der Waals surface area contributed by atoms with E-state index in [4.69, 9.17) is 9.97 Å². The van der Waals surface area contributed by atoms with Gasteiger partial charge in [0, 0.05) is 35.8 Å². The van der Waals surface area contributed by atoms with Gasteiger partial charge >= 0.3 is 0 Å². The maximum atomic E-state index is 14.0. The topological polar surface area (TPSA) is 95.2 Å². The number of H-pyrrole nitrogens is 2. The van der Waals surface area contributed by atoms with Crippen molar-refractivity contribution in [2.75, 3.05) is 6.54 Å². The van der Waals surface area contributed by atoms with Gasteiger partial charge in [0.1, 0.15) is 11.3 Å². The number of halogens is 1. The highest BCUT2D eigenvalue weighted by molar-refractivity contribution is 5.90. The number of nitrogens with one attached hydrogen (secondary N) is 3. The van der Waals surface area contributed by atoms with Gasteiger partial charge in [-0.05, 0) is 73.7 Å².